The van der Waals surface area contributed by atoms with Crippen molar-refractivity contribution in [1.82, 2.24) is 9.97 Å². The minimum absolute atomic E-state index is 0. The second-order valence-electron chi connectivity index (χ2n) is 15.5. The van der Waals surface area contributed by atoms with Gasteiger partial charge in [-0.2, -0.15) is 13.2 Å². The number of hydrogen-bond donors (Lipinski definition) is 1. The van der Waals surface area contributed by atoms with Gasteiger partial charge in [-0.1, -0.05) is 111 Å². The summed E-state index contributed by atoms with van der Waals surface area (Å²) < 4.78 is 39.8. The van der Waals surface area contributed by atoms with Crippen molar-refractivity contribution in [3.8, 4) is 21.8 Å². The van der Waals surface area contributed by atoms with Gasteiger partial charge in [0.2, 0.25) is 0 Å². The Kier molecular flexibility index (Phi) is 15.0. The summed E-state index contributed by atoms with van der Waals surface area (Å²) in [4.78, 5) is 21.2. The minimum atomic E-state index is -4.28. The van der Waals surface area contributed by atoms with Crippen molar-refractivity contribution in [1.29, 1.82) is 0 Å². The van der Waals surface area contributed by atoms with Gasteiger partial charge in [0.15, 0.2) is 5.78 Å². The molecule has 2 aromatic heterocycles. The third kappa shape index (κ3) is 10.6. The van der Waals surface area contributed by atoms with E-state index in [0.29, 0.717) is 10.7 Å². The second kappa shape index (κ2) is 17.3. The molecule has 4 nitrogen and oxygen atoms in total. The molecule has 4 rings (SSSR count). The molecular formula is C42H54F3IrN2O2S-. The van der Waals surface area contributed by atoms with Gasteiger partial charge < -0.3 is 5.11 Å². The van der Waals surface area contributed by atoms with Crippen LogP contribution in [0.5, 0.6) is 0 Å². The number of alkyl halides is 3. The van der Waals surface area contributed by atoms with E-state index in [1.54, 1.807) is 11.6 Å². The molecule has 0 saturated heterocycles. The van der Waals surface area contributed by atoms with Gasteiger partial charge in [0.05, 0.1) is 11.1 Å². The molecule has 0 fully saturated rings. The Bertz CT molecular complexity index is 1800. The first kappa shape index (κ1) is 44.3. The molecule has 0 aliphatic rings. The number of ketones is 1. The monoisotopic (exact) mass is 900 g/mol. The number of nitrogens with zero attached hydrogens (tertiary/aromatic N) is 2. The quantitative estimate of drug-likeness (QED) is 0.0925. The molecule has 0 atom stereocenters. The van der Waals surface area contributed by atoms with Gasteiger partial charge in [-0.05, 0) is 37.2 Å². The predicted molar refractivity (Wildman–Crippen MR) is 202 cm³/mol. The van der Waals surface area contributed by atoms with Crippen molar-refractivity contribution >= 4 is 27.9 Å². The molecule has 0 aliphatic heterocycles. The summed E-state index contributed by atoms with van der Waals surface area (Å²) in [6.45, 7) is 21.0. The summed E-state index contributed by atoms with van der Waals surface area (Å²) in [5.41, 5.74) is 1.65. The molecule has 4 aromatic rings. The van der Waals surface area contributed by atoms with Crippen LogP contribution >= 0.6 is 11.3 Å². The molecule has 9 heteroatoms. The zero-order valence-corrected chi connectivity index (χ0v) is 35.1. The Morgan fingerprint density at radius 1 is 0.882 bits per heavy atom. The molecule has 2 aromatic carbocycles. The van der Waals surface area contributed by atoms with Gasteiger partial charge in [0.1, 0.15) is 10.8 Å². The number of carbonyl (C=O) groups is 1. The van der Waals surface area contributed by atoms with E-state index in [1.165, 1.54) is 42.2 Å². The molecule has 1 N–H and O–H groups in total. The van der Waals surface area contributed by atoms with Crippen molar-refractivity contribution in [2.45, 2.75) is 120 Å². The van der Waals surface area contributed by atoms with Crippen LogP contribution in [0.3, 0.4) is 0 Å². The van der Waals surface area contributed by atoms with Gasteiger partial charge in [-0.3, -0.25) is 9.78 Å². The fraction of sp³-hybridized carbons (Fsp3) is 0.500. The second-order valence-corrected chi connectivity index (χ2v) is 16.3. The average Bonchev–Trinajstić information content (AvgIpc) is 3.54. The minimum Gasteiger partial charge on any atom is -0.512 e. The van der Waals surface area contributed by atoms with Crippen molar-refractivity contribution in [3.05, 3.63) is 83.2 Å². The molecule has 0 aliphatic carbocycles. The van der Waals surface area contributed by atoms with Gasteiger partial charge in [-0.15, -0.1) is 40.5 Å². The van der Waals surface area contributed by atoms with Crippen LogP contribution in [0.25, 0.3) is 32.6 Å². The third-order valence-corrected chi connectivity index (χ3v) is 11.4. The van der Waals surface area contributed by atoms with Gasteiger partial charge in [0, 0.05) is 66.3 Å². The van der Waals surface area contributed by atoms with E-state index >= 15 is 0 Å². The van der Waals surface area contributed by atoms with Crippen LogP contribution in [-0.2, 0) is 36.7 Å². The molecule has 0 spiro atoms. The van der Waals surface area contributed by atoms with Crippen LogP contribution in [0.1, 0.15) is 113 Å². The van der Waals surface area contributed by atoms with Crippen LogP contribution in [0.4, 0.5) is 13.2 Å². The number of carbonyl (C=O) groups excluding carboxylic acids is 1. The number of pyridine rings is 1. The zero-order valence-electron chi connectivity index (χ0n) is 31.9. The van der Waals surface area contributed by atoms with Crippen molar-refractivity contribution in [2.75, 3.05) is 0 Å². The zero-order chi connectivity index (χ0) is 37.7. The Morgan fingerprint density at radius 3 is 2.02 bits per heavy atom. The molecule has 1 radical (unpaired) electrons. The number of hydrogen-bond acceptors (Lipinski definition) is 5. The SMILES string of the molecule is CC(C)(C)c1cc(-c2cc(-c3nc(CC(C)(C)C(F)(F)F)cs3)ccn2)[c-]c2ccccc12.CCC(C)(CC)C(=O)/C=C(\O)C(C)(CC)CC.[Ir]. The van der Waals surface area contributed by atoms with E-state index in [9.17, 15) is 23.1 Å². The maximum absolute atomic E-state index is 13.3. The normalized spacial score (nSPS) is 13.0. The standard InChI is InChI=1S/C27H26F3N2S.C15H28O2.Ir/c1-25(2,3)22-13-19(12-17-8-6-7-9-21(17)22)23-14-18(10-11-31-23)24-32-20(16-33-24)15-26(4,5)27(28,29)30;1-7-14(5,8-2)12(16)11-13(17)15(6,9-3)10-4;/h6-11,13-14,16H,15H2,1-5H3;11,16H,7-10H2,1-6H3;/q-1;;/b;12-11-;. The first-order valence-corrected chi connectivity index (χ1v) is 18.4. The van der Waals surface area contributed by atoms with Crippen LogP contribution < -0.4 is 0 Å². The van der Waals surface area contributed by atoms with E-state index in [1.807, 2.05) is 71.9 Å². The van der Waals surface area contributed by atoms with Crippen LogP contribution in [-0.4, -0.2) is 27.0 Å². The summed E-state index contributed by atoms with van der Waals surface area (Å²) in [6.07, 6.45) is 2.03. The Balaban J connectivity index is 0.000000428. The first-order chi connectivity index (χ1) is 23.1. The molecule has 51 heavy (non-hydrogen) atoms. The van der Waals surface area contributed by atoms with Crippen molar-refractivity contribution in [3.63, 3.8) is 0 Å². The van der Waals surface area contributed by atoms with E-state index in [-0.39, 0.29) is 54.3 Å². The summed E-state index contributed by atoms with van der Waals surface area (Å²) in [6, 6.07) is 17.6. The third-order valence-electron chi connectivity index (χ3n) is 10.4. The largest absolute Gasteiger partial charge is 0.512 e. The van der Waals surface area contributed by atoms with Gasteiger partial charge >= 0.3 is 6.18 Å². The number of aromatic nitrogens is 2. The summed E-state index contributed by atoms with van der Waals surface area (Å²) in [7, 11) is 0. The number of halogens is 3. The van der Waals surface area contributed by atoms with Crippen LogP contribution in [0, 0.1) is 22.3 Å². The summed E-state index contributed by atoms with van der Waals surface area (Å²) in [5.74, 6) is 0.286. The molecule has 2 heterocycles. The van der Waals surface area contributed by atoms with Crippen molar-refractivity contribution in [2.24, 2.45) is 16.2 Å². The Morgan fingerprint density at radius 2 is 1.47 bits per heavy atom. The maximum atomic E-state index is 13.3. The molecule has 0 amide bonds. The van der Waals surface area contributed by atoms with E-state index < -0.39 is 11.6 Å². The summed E-state index contributed by atoms with van der Waals surface area (Å²) in [5, 5.41) is 14.7. The van der Waals surface area contributed by atoms with Crippen LogP contribution in [0.15, 0.2) is 65.9 Å². The predicted octanol–water partition coefficient (Wildman–Crippen LogP) is 12.9. The molecule has 0 saturated carbocycles. The van der Waals surface area contributed by atoms with Crippen LogP contribution in [0.2, 0.25) is 0 Å². The number of thiazole rings is 1. The first-order valence-electron chi connectivity index (χ1n) is 17.5. The fourth-order valence-corrected chi connectivity index (χ4v) is 6.27. The molecular weight excluding hydrogens is 846 g/mol. The molecule has 281 valence electrons. The molecule has 0 unspecified atom stereocenters. The van der Waals surface area contributed by atoms with E-state index in [2.05, 4.69) is 48.9 Å². The van der Waals surface area contributed by atoms with Crippen molar-refractivity contribution < 1.29 is 43.2 Å². The fourth-order valence-electron chi connectivity index (χ4n) is 5.46. The number of aliphatic hydroxyl groups is 1. The topological polar surface area (TPSA) is 63.1 Å². The Hall–Kier alpha value is -2.87. The average molecular weight is 900 g/mol. The molecule has 0 bridgehead atoms. The summed E-state index contributed by atoms with van der Waals surface area (Å²) >= 11 is 1.35. The number of aliphatic hydroxyl groups excluding tert-OH is 1. The maximum Gasteiger partial charge on any atom is 0.394 e. The Labute approximate surface area is 320 Å². The van der Waals surface area contributed by atoms with Gasteiger partial charge in [0.25, 0.3) is 0 Å². The number of fused-ring (bicyclic) bond motifs is 1. The van der Waals surface area contributed by atoms with Gasteiger partial charge in [-0.25, -0.2) is 4.98 Å². The number of rotatable bonds is 11. The van der Waals surface area contributed by atoms with E-state index in [4.69, 9.17) is 0 Å². The van der Waals surface area contributed by atoms with E-state index in [0.717, 1.165) is 47.9 Å². The number of benzene rings is 2. The smallest absolute Gasteiger partial charge is 0.394 e. The number of allylic oxidation sites excluding steroid dienone is 2.